The van der Waals surface area contributed by atoms with Crippen LogP contribution in [-0.2, 0) is 0 Å². The van der Waals surface area contributed by atoms with Crippen LogP contribution in [-0.4, -0.2) is 10.5 Å². The van der Waals surface area contributed by atoms with E-state index in [-0.39, 0.29) is 0 Å². The summed E-state index contributed by atoms with van der Waals surface area (Å²) in [6.07, 6.45) is -1.06. The largest absolute Gasteiger partial charge is 0.243 e. The van der Waals surface area contributed by atoms with Crippen molar-refractivity contribution in [2.75, 3.05) is 0 Å². The van der Waals surface area contributed by atoms with E-state index in [9.17, 15) is 4.39 Å². The van der Waals surface area contributed by atoms with E-state index >= 15 is 0 Å². The molecule has 0 N–H and O–H groups in total. The molecule has 0 bridgehead atoms. The monoisotopic (exact) mass is 156 g/mol. The van der Waals surface area contributed by atoms with Gasteiger partial charge in [-0.3, -0.25) is 0 Å². The lowest BCUT2D eigenvalue weighted by molar-refractivity contribution is 0.398. The van der Waals surface area contributed by atoms with Gasteiger partial charge in [0.15, 0.2) is 4.33 Å². The summed E-state index contributed by atoms with van der Waals surface area (Å²) in [6.45, 7) is 3.41. The molecule has 0 aromatic carbocycles. The average Bonchev–Trinajstić information content (AvgIpc) is 1.88. The minimum absolute atomic E-state index is 0.532. The zero-order chi connectivity index (χ0) is 6.58. The first-order valence-electron chi connectivity index (χ1n) is 2.42. The molecule has 1 unspecified atom stereocenters. The Balaban J connectivity index is 2.72. The van der Waals surface area contributed by atoms with E-state index in [4.69, 9.17) is 23.2 Å². The van der Waals surface area contributed by atoms with Crippen molar-refractivity contribution >= 4 is 23.2 Å². The maximum Gasteiger partial charge on any atom is 0.157 e. The number of alkyl halides is 3. The second-order valence-electron chi connectivity index (χ2n) is 2.71. The molecule has 0 amide bonds. The van der Waals surface area contributed by atoms with Crippen LogP contribution in [0.4, 0.5) is 4.39 Å². The molecule has 0 aromatic rings. The zero-order valence-corrected chi connectivity index (χ0v) is 6.22. The minimum Gasteiger partial charge on any atom is -0.243 e. The van der Waals surface area contributed by atoms with Gasteiger partial charge in [-0.2, -0.15) is 0 Å². The van der Waals surface area contributed by atoms with E-state index in [1.165, 1.54) is 0 Å². The maximum absolute atomic E-state index is 12.4. The first-order chi connectivity index (χ1) is 3.40. The van der Waals surface area contributed by atoms with Crippen LogP contribution in [0.25, 0.3) is 0 Å². The fourth-order valence-corrected chi connectivity index (χ4v) is 1.23. The van der Waals surface area contributed by atoms with E-state index < -0.39 is 15.9 Å². The van der Waals surface area contributed by atoms with E-state index in [1.807, 2.05) is 0 Å². The molecule has 1 rings (SSSR count). The summed E-state index contributed by atoms with van der Waals surface area (Å²) in [7, 11) is 0. The molecule has 1 aliphatic rings. The molecular formula is C5H7Cl2F. The van der Waals surface area contributed by atoms with Gasteiger partial charge in [-0.05, 0) is 0 Å². The van der Waals surface area contributed by atoms with Crippen molar-refractivity contribution in [1.29, 1.82) is 0 Å². The number of hydrogen-bond donors (Lipinski definition) is 0. The molecule has 0 aromatic heterocycles. The zero-order valence-electron chi connectivity index (χ0n) is 4.71. The predicted octanol–water partition coefficient (Wildman–Crippen LogP) is 2.54. The second kappa shape index (κ2) is 1.32. The molecule has 0 spiro atoms. The quantitative estimate of drug-likeness (QED) is 0.474. The molecule has 0 saturated heterocycles. The van der Waals surface area contributed by atoms with Crippen LogP contribution in [0.3, 0.4) is 0 Å². The molecule has 48 valence electrons. The van der Waals surface area contributed by atoms with Crippen LogP contribution in [0.2, 0.25) is 0 Å². The van der Waals surface area contributed by atoms with Gasteiger partial charge in [0.2, 0.25) is 0 Å². The third-order valence-corrected chi connectivity index (χ3v) is 3.08. The molecule has 1 saturated carbocycles. The Morgan fingerprint density at radius 1 is 1.38 bits per heavy atom. The highest BCUT2D eigenvalue weighted by Crippen LogP contribution is 2.65. The molecule has 0 heterocycles. The van der Waals surface area contributed by atoms with Gasteiger partial charge >= 0.3 is 0 Å². The van der Waals surface area contributed by atoms with Gasteiger partial charge < -0.3 is 0 Å². The van der Waals surface area contributed by atoms with Crippen molar-refractivity contribution in [3.05, 3.63) is 0 Å². The SMILES string of the molecule is CC1(C)C(F)C1(Cl)Cl. The molecule has 1 aliphatic carbocycles. The van der Waals surface area contributed by atoms with E-state index in [2.05, 4.69) is 0 Å². The summed E-state index contributed by atoms with van der Waals surface area (Å²) in [4.78, 5) is 0. The maximum atomic E-state index is 12.4. The highest BCUT2D eigenvalue weighted by Gasteiger charge is 2.71. The van der Waals surface area contributed by atoms with Gasteiger partial charge in [0.05, 0.1) is 0 Å². The molecule has 3 heteroatoms. The Hall–Kier alpha value is 0.510. The number of hydrogen-bond acceptors (Lipinski definition) is 0. The van der Waals surface area contributed by atoms with Gasteiger partial charge in [-0.25, -0.2) is 4.39 Å². The molecule has 0 radical (unpaired) electrons. The van der Waals surface area contributed by atoms with Crippen molar-refractivity contribution in [3.8, 4) is 0 Å². The fourth-order valence-electron chi connectivity index (χ4n) is 0.599. The lowest BCUT2D eigenvalue weighted by Gasteiger charge is -1.96. The highest BCUT2D eigenvalue weighted by atomic mass is 35.5. The normalized spacial score (nSPS) is 39.4. The van der Waals surface area contributed by atoms with Crippen LogP contribution in [0.1, 0.15) is 13.8 Å². The molecule has 1 atom stereocenters. The minimum atomic E-state index is -1.12. The van der Waals surface area contributed by atoms with Crippen LogP contribution in [0, 0.1) is 5.41 Å². The van der Waals surface area contributed by atoms with Gasteiger partial charge in [-0.1, -0.05) is 37.0 Å². The van der Waals surface area contributed by atoms with E-state index in [0.29, 0.717) is 0 Å². The summed E-state index contributed by atoms with van der Waals surface area (Å²) >= 11 is 10.9. The summed E-state index contributed by atoms with van der Waals surface area (Å²) in [5, 5.41) is 0. The molecule has 0 nitrogen and oxygen atoms in total. The van der Waals surface area contributed by atoms with Crippen LogP contribution in [0.5, 0.6) is 0 Å². The Morgan fingerprint density at radius 2 is 1.50 bits per heavy atom. The first-order valence-corrected chi connectivity index (χ1v) is 3.18. The Bertz CT molecular complexity index is 106. The molecular weight excluding hydrogens is 150 g/mol. The lowest BCUT2D eigenvalue weighted by Crippen LogP contribution is -1.96. The third kappa shape index (κ3) is 0.519. The van der Waals surface area contributed by atoms with Crippen molar-refractivity contribution in [2.45, 2.75) is 24.4 Å². The molecule has 0 aliphatic heterocycles. The van der Waals surface area contributed by atoms with Crippen molar-refractivity contribution in [2.24, 2.45) is 5.41 Å². The average molecular weight is 157 g/mol. The molecule has 8 heavy (non-hydrogen) atoms. The second-order valence-corrected chi connectivity index (χ2v) is 4.09. The summed E-state index contributed by atoms with van der Waals surface area (Å²) in [6, 6.07) is 0. The van der Waals surface area contributed by atoms with Gasteiger partial charge in [0.1, 0.15) is 6.17 Å². The van der Waals surface area contributed by atoms with Gasteiger partial charge in [0.25, 0.3) is 0 Å². The van der Waals surface area contributed by atoms with Crippen LogP contribution < -0.4 is 0 Å². The Kier molecular flexibility index (Phi) is 1.10. The predicted molar refractivity (Wildman–Crippen MR) is 33.1 cm³/mol. The third-order valence-electron chi connectivity index (χ3n) is 1.73. The Labute approximate surface area is 58.0 Å². The molecule has 1 fully saturated rings. The smallest absolute Gasteiger partial charge is 0.157 e. The van der Waals surface area contributed by atoms with Crippen molar-refractivity contribution in [3.63, 3.8) is 0 Å². The fraction of sp³-hybridized carbons (Fsp3) is 1.00. The highest BCUT2D eigenvalue weighted by molar-refractivity contribution is 6.52. The number of halogens is 3. The topological polar surface area (TPSA) is 0 Å². The number of rotatable bonds is 0. The van der Waals surface area contributed by atoms with Crippen LogP contribution in [0.15, 0.2) is 0 Å². The van der Waals surface area contributed by atoms with E-state index in [0.717, 1.165) is 0 Å². The first kappa shape index (κ1) is 6.63. The standard InChI is InChI=1S/C5H7Cl2F/c1-4(2)3(8)5(4,6)7/h3H,1-2H3. The van der Waals surface area contributed by atoms with Crippen molar-refractivity contribution < 1.29 is 4.39 Å². The summed E-state index contributed by atoms with van der Waals surface area (Å²) in [5.41, 5.74) is -0.532. The van der Waals surface area contributed by atoms with Crippen LogP contribution >= 0.6 is 23.2 Å². The summed E-state index contributed by atoms with van der Waals surface area (Å²) < 4.78 is 11.3. The summed E-state index contributed by atoms with van der Waals surface area (Å²) in [5.74, 6) is 0. The van der Waals surface area contributed by atoms with Gasteiger partial charge in [0, 0.05) is 5.41 Å². The van der Waals surface area contributed by atoms with Gasteiger partial charge in [-0.15, -0.1) is 0 Å². The van der Waals surface area contributed by atoms with E-state index in [1.54, 1.807) is 13.8 Å². The Morgan fingerprint density at radius 3 is 1.50 bits per heavy atom. The van der Waals surface area contributed by atoms with Crippen molar-refractivity contribution in [1.82, 2.24) is 0 Å². The lowest BCUT2D eigenvalue weighted by atomic mass is 10.2.